The van der Waals surface area contributed by atoms with Crippen LogP contribution in [-0.4, -0.2) is 41.6 Å². The average Bonchev–Trinajstić information content (AvgIpc) is 3.42. The zero-order chi connectivity index (χ0) is 35.4. The minimum absolute atomic E-state index is 0.0317. The van der Waals surface area contributed by atoms with Crippen LogP contribution in [0.2, 0.25) is 0 Å². The number of oxime groups is 1. The maximum Gasteiger partial charge on any atom is 0.194 e. The maximum absolute atomic E-state index is 14.6. The quantitative estimate of drug-likeness (QED) is 0.0412. The second-order valence-electron chi connectivity index (χ2n) is 13.5. The Hall–Kier alpha value is -4.94. The van der Waals surface area contributed by atoms with Gasteiger partial charge < -0.3 is 19.2 Å². The van der Waals surface area contributed by atoms with E-state index in [9.17, 15) is 10.0 Å². The Morgan fingerprint density at radius 3 is 2.24 bits per heavy atom. The summed E-state index contributed by atoms with van der Waals surface area (Å²) >= 11 is 0. The summed E-state index contributed by atoms with van der Waals surface area (Å²) in [6.45, 7) is 12.3. The van der Waals surface area contributed by atoms with Gasteiger partial charge in [0.1, 0.15) is 18.1 Å². The normalized spacial score (nSPS) is 12.6. The second-order valence-corrected chi connectivity index (χ2v) is 13.5. The van der Waals surface area contributed by atoms with Gasteiger partial charge in [0, 0.05) is 57.6 Å². The van der Waals surface area contributed by atoms with E-state index in [1.807, 2.05) is 50.2 Å². The molecular formula is C44H48N2O4. The minimum Gasteiger partial charge on any atom is -0.490 e. The fraction of sp³-hybridized carbons (Fsp3) is 0.318. The number of methoxy groups -OCH3 is 1. The number of para-hydroxylation sites is 1. The van der Waals surface area contributed by atoms with Gasteiger partial charge in [-0.05, 0) is 80.0 Å². The molecule has 1 aromatic heterocycles. The van der Waals surface area contributed by atoms with E-state index in [-0.39, 0.29) is 5.78 Å². The van der Waals surface area contributed by atoms with Gasteiger partial charge in [-0.15, -0.1) is 0 Å². The Kier molecular flexibility index (Phi) is 10.7. The molecule has 0 radical (unpaired) electrons. The van der Waals surface area contributed by atoms with Crippen LogP contribution in [0.4, 0.5) is 0 Å². The molecule has 0 saturated heterocycles. The molecule has 50 heavy (non-hydrogen) atoms. The Labute approximate surface area is 295 Å². The molecule has 6 aromatic rings. The number of benzene rings is 5. The fourth-order valence-corrected chi connectivity index (χ4v) is 7.63. The molecule has 0 bridgehead atoms. The van der Waals surface area contributed by atoms with E-state index < -0.39 is 0 Å². The number of hydrogen-bond donors (Lipinski definition) is 1. The molecule has 6 nitrogen and oxygen atoms in total. The van der Waals surface area contributed by atoms with Gasteiger partial charge in [0.05, 0.1) is 12.1 Å². The largest absolute Gasteiger partial charge is 0.490 e. The highest BCUT2D eigenvalue weighted by atomic mass is 16.5. The van der Waals surface area contributed by atoms with Gasteiger partial charge in [-0.2, -0.15) is 0 Å². The van der Waals surface area contributed by atoms with Crippen molar-refractivity contribution < 1.29 is 19.5 Å². The molecule has 5 aromatic carbocycles. The lowest BCUT2D eigenvalue weighted by molar-refractivity contribution is 0.103. The van der Waals surface area contributed by atoms with Crippen LogP contribution in [0.25, 0.3) is 32.6 Å². The highest BCUT2D eigenvalue weighted by molar-refractivity contribution is 6.27. The molecule has 1 heterocycles. The number of hydrogen-bond acceptors (Lipinski definition) is 5. The molecule has 0 aliphatic rings. The number of ether oxygens (including phenoxy) is 2. The van der Waals surface area contributed by atoms with Gasteiger partial charge in [-0.3, -0.25) is 4.79 Å². The van der Waals surface area contributed by atoms with Crippen molar-refractivity contribution in [3.63, 3.8) is 0 Å². The van der Waals surface area contributed by atoms with Gasteiger partial charge >= 0.3 is 0 Å². The molecule has 1 atom stereocenters. The summed E-state index contributed by atoms with van der Waals surface area (Å²) in [6, 6.07) is 28.5. The van der Waals surface area contributed by atoms with Gasteiger partial charge in [-0.25, -0.2) is 0 Å². The molecule has 258 valence electrons. The summed E-state index contributed by atoms with van der Waals surface area (Å²) in [5, 5.41) is 18.3. The van der Waals surface area contributed by atoms with E-state index in [2.05, 4.69) is 79.0 Å². The van der Waals surface area contributed by atoms with Crippen molar-refractivity contribution in [2.45, 2.75) is 66.8 Å². The first-order valence-electron chi connectivity index (χ1n) is 17.8. The summed E-state index contributed by atoms with van der Waals surface area (Å²) < 4.78 is 13.7. The van der Waals surface area contributed by atoms with Crippen molar-refractivity contribution >= 4 is 44.1 Å². The fourth-order valence-electron chi connectivity index (χ4n) is 7.63. The molecule has 0 amide bonds. The van der Waals surface area contributed by atoms with Gasteiger partial charge in [0.25, 0.3) is 0 Å². The molecule has 1 N–H and O–H groups in total. The molecule has 0 fully saturated rings. The predicted molar refractivity (Wildman–Crippen MR) is 206 cm³/mol. The van der Waals surface area contributed by atoms with E-state index >= 15 is 0 Å². The Bertz CT molecular complexity index is 2190. The third kappa shape index (κ3) is 6.65. The van der Waals surface area contributed by atoms with Crippen LogP contribution in [0.5, 0.6) is 5.75 Å². The first kappa shape index (κ1) is 34.9. The maximum atomic E-state index is 14.6. The lowest BCUT2D eigenvalue weighted by atomic mass is 9.89. The Morgan fingerprint density at radius 2 is 1.54 bits per heavy atom. The number of aryl methyl sites for hydroxylation is 3. The van der Waals surface area contributed by atoms with Crippen molar-refractivity contribution in [3.05, 3.63) is 124 Å². The predicted octanol–water partition coefficient (Wildman–Crippen LogP) is 10.6. The topological polar surface area (TPSA) is 73.1 Å². The van der Waals surface area contributed by atoms with Crippen molar-refractivity contribution in [2.24, 2.45) is 11.1 Å². The number of ketones is 1. The van der Waals surface area contributed by atoms with Crippen LogP contribution < -0.4 is 4.74 Å². The number of fused-ring (bicyclic) bond motifs is 5. The highest BCUT2D eigenvalue weighted by Gasteiger charge is 2.24. The first-order chi connectivity index (χ1) is 24.3. The van der Waals surface area contributed by atoms with Crippen molar-refractivity contribution in [3.8, 4) is 5.75 Å². The van der Waals surface area contributed by atoms with Crippen molar-refractivity contribution in [1.82, 2.24) is 4.57 Å². The number of carbonyl (C=O) groups excluding carboxylic acids is 1. The molecule has 6 rings (SSSR count). The Morgan fingerprint density at radius 1 is 0.820 bits per heavy atom. The van der Waals surface area contributed by atoms with E-state index in [1.165, 1.54) is 12.8 Å². The lowest BCUT2D eigenvalue weighted by Gasteiger charge is -2.19. The monoisotopic (exact) mass is 668 g/mol. The van der Waals surface area contributed by atoms with E-state index in [1.54, 1.807) is 7.11 Å². The number of unbranched alkanes of at least 4 members (excludes halogenated alkanes) is 1. The highest BCUT2D eigenvalue weighted by Crippen LogP contribution is 2.39. The van der Waals surface area contributed by atoms with Crippen molar-refractivity contribution in [2.75, 3.05) is 20.3 Å². The molecule has 0 spiro atoms. The number of nitrogens with zero attached hydrogens (tertiary/aromatic N) is 2. The summed E-state index contributed by atoms with van der Waals surface area (Å²) in [7, 11) is 1.64. The molecule has 1 unspecified atom stereocenters. The summed E-state index contributed by atoms with van der Waals surface area (Å²) in [4.78, 5) is 14.6. The Balaban J connectivity index is 1.62. The molecule has 6 heteroatoms. The van der Waals surface area contributed by atoms with Crippen molar-refractivity contribution in [1.29, 1.82) is 0 Å². The minimum atomic E-state index is 0.0317. The van der Waals surface area contributed by atoms with Crippen LogP contribution in [0.1, 0.15) is 83.3 Å². The zero-order valence-electron chi connectivity index (χ0n) is 30.2. The number of carbonyl (C=O) groups is 1. The van der Waals surface area contributed by atoms with E-state index in [0.717, 1.165) is 79.8 Å². The van der Waals surface area contributed by atoms with Gasteiger partial charge in [-0.1, -0.05) is 98.4 Å². The lowest BCUT2D eigenvalue weighted by Crippen LogP contribution is -2.11. The number of aromatic nitrogens is 1. The SMILES string of the molecule is CCCCC(CC)Cn1c2ccc(/C(=N/O)c3ccccc3OCCOC)cc2c2cc(C(=O)c3c(C)cc(C)cc3C)c3ccccc3c21. The third-order valence-electron chi connectivity index (χ3n) is 10.1. The standard InChI is InChI=1S/C44H48N2O4/c1-7-9-14-31(8-2)27-46-39-20-19-32(42(45-48)35-17-12-13-18-40(35)50-22-21-49-6)25-36(39)37-26-38(33-15-10-11-16-34(33)43(37)46)44(47)41-29(4)23-28(3)24-30(41)5/h10-13,15-20,23-26,31,48H,7-9,14,21-22,27H2,1-6H3/b45-42-. The third-order valence-corrected chi connectivity index (χ3v) is 10.1. The average molecular weight is 669 g/mol. The van der Waals surface area contributed by atoms with Crippen LogP contribution in [0, 0.1) is 26.7 Å². The zero-order valence-corrected chi connectivity index (χ0v) is 30.2. The summed E-state index contributed by atoms with van der Waals surface area (Å²) in [5.74, 6) is 1.16. The van der Waals surface area contributed by atoms with E-state index in [4.69, 9.17) is 9.47 Å². The second kappa shape index (κ2) is 15.3. The van der Waals surface area contributed by atoms with Gasteiger partial charge in [0.2, 0.25) is 0 Å². The summed E-state index contributed by atoms with van der Waals surface area (Å²) in [5.41, 5.74) is 8.65. The van der Waals surface area contributed by atoms with E-state index in [0.29, 0.717) is 41.7 Å². The molecule has 0 saturated carbocycles. The molecule has 0 aliphatic heterocycles. The van der Waals surface area contributed by atoms with Gasteiger partial charge in [0.15, 0.2) is 5.78 Å². The number of rotatable bonds is 14. The first-order valence-corrected chi connectivity index (χ1v) is 17.8. The molecular weight excluding hydrogens is 620 g/mol. The van der Waals surface area contributed by atoms with Crippen LogP contribution in [-0.2, 0) is 11.3 Å². The van der Waals surface area contributed by atoms with Crippen LogP contribution in [0.15, 0.2) is 90.1 Å². The smallest absolute Gasteiger partial charge is 0.194 e. The van der Waals surface area contributed by atoms with Crippen LogP contribution >= 0.6 is 0 Å². The van der Waals surface area contributed by atoms with Crippen LogP contribution in [0.3, 0.4) is 0 Å². The molecule has 0 aliphatic carbocycles. The summed E-state index contributed by atoms with van der Waals surface area (Å²) in [6.07, 6.45) is 4.60.